The summed E-state index contributed by atoms with van der Waals surface area (Å²) >= 11 is 3.41. The predicted octanol–water partition coefficient (Wildman–Crippen LogP) is 5.75. The third-order valence-corrected chi connectivity index (χ3v) is 6.86. The minimum Gasteiger partial charge on any atom is -0.330 e. The average molecular weight is 524 g/mol. The van der Waals surface area contributed by atoms with Crippen molar-refractivity contribution in [3.05, 3.63) is 99.8 Å². The molecule has 0 aliphatic heterocycles. The molecule has 0 heterocycles. The molecule has 2 amide bonds. The van der Waals surface area contributed by atoms with Crippen LogP contribution in [0.5, 0.6) is 0 Å². The first-order valence-corrected chi connectivity index (χ1v) is 12.2. The van der Waals surface area contributed by atoms with Crippen LogP contribution in [0.2, 0.25) is 0 Å². The standard InChI is InChI=1S/C27H27BrFN3O2/c28-23-12-2-1-11-22(23)26(33)31-21-10-5-7-18(15-21)17-32(25-14-4-3-13-24(25)30)27(34)19-8-6-9-20(29)16-19/h1-2,5-12,15-16,24-25H,3-4,13-14,17,30H2,(H,31,33). The molecule has 4 rings (SSSR count). The monoisotopic (exact) mass is 523 g/mol. The highest BCUT2D eigenvalue weighted by molar-refractivity contribution is 9.10. The zero-order chi connectivity index (χ0) is 24.1. The number of nitrogens with one attached hydrogen (secondary N) is 1. The fourth-order valence-corrected chi connectivity index (χ4v) is 4.91. The Morgan fingerprint density at radius 1 is 1.00 bits per heavy atom. The summed E-state index contributed by atoms with van der Waals surface area (Å²) in [4.78, 5) is 27.9. The Balaban J connectivity index is 1.58. The molecule has 0 bridgehead atoms. The van der Waals surface area contributed by atoms with Gasteiger partial charge < -0.3 is 16.0 Å². The van der Waals surface area contributed by atoms with E-state index in [1.807, 2.05) is 36.4 Å². The molecule has 0 saturated heterocycles. The van der Waals surface area contributed by atoms with Crippen LogP contribution in [-0.2, 0) is 6.54 Å². The lowest BCUT2D eigenvalue weighted by Gasteiger charge is -2.38. The molecule has 7 heteroatoms. The van der Waals surface area contributed by atoms with Gasteiger partial charge in [0.2, 0.25) is 0 Å². The normalized spacial score (nSPS) is 17.7. The van der Waals surface area contributed by atoms with Gasteiger partial charge in [-0.2, -0.15) is 0 Å². The van der Waals surface area contributed by atoms with E-state index in [2.05, 4.69) is 21.2 Å². The second-order valence-electron chi connectivity index (χ2n) is 8.59. The van der Waals surface area contributed by atoms with Gasteiger partial charge in [0.1, 0.15) is 5.82 Å². The lowest BCUT2D eigenvalue weighted by atomic mass is 9.89. The molecule has 1 saturated carbocycles. The Kier molecular flexibility index (Phi) is 7.75. The topological polar surface area (TPSA) is 75.4 Å². The number of hydrogen-bond acceptors (Lipinski definition) is 3. The molecule has 0 aromatic heterocycles. The van der Waals surface area contributed by atoms with Gasteiger partial charge >= 0.3 is 0 Å². The molecule has 0 radical (unpaired) electrons. The largest absolute Gasteiger partial charge is 0.330 e. The maximum absolute atomic E-state index is 13.8. The van der Waals surface area contributed by atoms with Crippen molar-refractivity contribution in [2.24, 2.45) is 5.73 Å². The molecule has 3 aromatic carbocycles. The smallest absolute Gasteiger partial charge is 0.256 e. The van der Waals surface area contributed by atoms with E-state index in [0.29, 0.717) is 27.8 Å². The molecular weight excluding hydrogens is 497 g/mol. The van der Waals surface area contributed by atoms with Gasteiger partial charge in [0.15, 0.2) is 0 Å². The zero-order valence-electron chi connectivity index (χ0n) is 18.7. The van der Waals surface area contributed by atoms with Gasteiger partial charge in [0.25, 0.3) is 11.8 Å². The van der Waals surface area contributed by atoms with E-state index in [1.54, 1.807) is 29.2 Å². The first-order valence-electron chi connectivity index (χ1n) is 11.4. The highest BCUT2D eigenvalue weighted by Gasteiger charge is 2.31. The number of nitrogens with two attached hydrogens (primary N) is 1. The van der Waals surface area contributed by atoms with Crippen LogP contribution in [0.4, 0.5) is 10.1 Å². The van der Waals surface area contributed by atoms with Crippen molar-refractivity contribution in [3.8, 4) is 0 Å². The van der Waals surface area contributed by atoms with E-state index in [9.17, 15) is 14.0 Å². The van der Waals surface area contributed by atoms with Crippen LogP contribution in [0.3, 0.4) is 0 Å². The Morgan fingerprint density at radius 2 is 1.76 bits per heavy atom. The fraction of sp³-hybridized carbons (Fsp3) is 0.259. The molecule has 1 aliphatic carbocycles. The highest BCUT2D eigenvalue weighted by atomic mass is 79.9. The fourth-order valence-electron chi connectivity index (χ4n) is 4.44. The van der Waals surface area contributed by atoms with Crippen LogP contribution in [0.1, 0.15) is 52.0 Å². The number of nitrogens with zero attached hydrogens (tertiary/aromatic N) is 1. The zero-order valence-corrected chi connectivity index (χ0v) is 20.3. The van der Waals surface area contributed by atoms with Crippen molar-refractivity contribution >= 4 is 33.4 Å². The Morgan fingerprint density at radius 3 is 2.53 bits per heavy atom. The summed E-state index contributed by atoms with van der Waals surface area (Å²) in [7, 11) is 0. The molecule has 3 aromatic rings. The van der Waals surface area contributed by atoms with E-state index in [1.165, 1.54) is 12.1 Å². The molecule has 5 nitrogen and oxygen atoms in total. The van der Waals surface area contributed by atoms with Crippen LogP contribution in [0, 0.1) is 5.82 Å². The Labute approximate surface area is 207 Å². The average Bonchev–Trinajstić information content (AvgIpc) is 2.83. The second-order valence-corrected chi connectivity index (χ2v) is 9.45. The Bertz CT molecular complexity index is 1190. The summed E-state index contributed by atoms with van der Waals surface area (Å²) in [5, 5.41) is 2.92. The number of rotatable bonds is 6. The molecule has 1 fully saturated rings. The van der Waals surface area contributed by atoms with Crippen molar-refractivity contribution in [2.45, 2.75) is 44.3 Å². The molecule has 176 valence electrons. The second kappa shape index (κ2) is 10.9. The van der Waals surface area contributed by atoms with Gasteiger partial charge in [0, 0.05) is 34.4 Å². The number of carbonyl (C=O) groups excluding carboxylic acids is 2. The van der Waals surface area contributed by atoms with Gasteiger partial charge in [-0.05, 0) is 76.8 Å². The highest BCUT2D eigenvalue weighted by Crippen LogP contribution is 2.26. The summed E-state index contributed by atoms with van der Waals surface area (Å²) in [6.07, 6.45) is 3.68. The van der Waals surface area contributed by atoms with Crippen LogP contribution in [0.25, 0.3) is 0 Å². The van der Waals surface area contributed by atoms with Crippen molar-refractivity contribution in [1.82, 2.24) is 4.90 Å². The first-order chi connectivity index (χ1) is 16.4. The van der Waals surface area contributed by atoms with E-state index >= 15 is 0 Å². The maximum Gasteiger partial charge on any atom is 0.256 e. The third-order valence-electron chi connectivity index (χ3n) is 6.17. The minimum atomic E-state index is -0.449. The third kappa shape index (κ3) is 5.72. The summed E-state index contributed by atoms with van der Waals surface area (Å²) in [5.41, 5.74) is 8.74. The molecule has 0 spiro atoms. The number of anilines is 1. The van der Waals surface area contributed by atoms with Crippen LogP contribution >= 0.6 is 15.9 Å². The van der Waals surface area contributed by atoms with Gasteiger partial charge in [0.05, 0.1) is 5.56 Å². The summed E-state index contributed by atoms with van der Waals surface area (Å²) in [6, 6.07) is 20.1. The minimum absolute atomic E-state index is 0.135. The number of amides is 2. The SMILES string of the molecule is NC1CCCCC1N(Cc1cccc(NC(=O)c2ccccc2Br)c1)C(=O)c1cccc(F)c1. The molecule has 2 atom stereocenters. The van der Waals surface area contributed by atoms with Crippen LogP contribution in [-0.4, -0.2) is 28.8 Å². The lowest BCUT2D eigenvalue weighted by molar-refractivity contribution is 0.0583. The van der Waals surface area contributed by atoms with E-state index in [0.717, 1.165) is 31.2 Å². The summed E-state index contributed by atoms with van der Waals surface area (Å²) in [5.74, 6) is -0.924. The van der Waals surface area contributed by atoms with E-state index in [4.69, 9.17) is 5.73 Å². The van der Waals surface area contributed by atoms with Crippen LogP contribution in [0.15, 0.2) is 77.3 Å². The van der Waals surface area contributed by atoms with E-state index in [-0.39, 0.29) is 23.9 Å². The molecule has 3 N–H and O–H groups in total. The van der Waals surface area contributed by atoms with Gasteiger partial charge in [-0.15, -0.1) is 0 Å². The molecular formula is C27H27BrFN3O2. The van der Waals surface area contributed by atoms with Crippen molar-refractivity contribution < 1.29 is 14.0 Å². The maximum atomic E-state index is 13.8. The van der Waals surface area contributed by atoms with Crippen molar-refractivity contribution in [1.29, 1.82) is 0 Å². The number of hydrogen-bond donors (Lipinski definition) is 2. The van der Waals surface area contributed by atoms with Gasteiger partial charge in [-0.1, -0.05) is 43.2 Å². The number of benzene rings is 3. The van der Waals surface area contributed by atoms with Crippen LogP contribution < -0.4 is 11.1 Å². The van der Waals surface area contributed by atoms with E-state index < -0.39 is 5.82 Å². The molecule has 2 unspecified atom stereocenters. The van der Waals surface area contributed by atoms with Crippen molar-refractivity contribution in [2.75, 3.05) is 5.32 Å². The summed E-state index contributed by atoms with van der Waals surface area (Å²) < 4.78 is 14.6. The molecule has 1 aliphatic rings. The number of halogens is 2. The molecule has 34 heavy (non-hydrogen) atoms. The first kappa shape index (κ1) is 24.1. The van der Waals surface area contributed by atoms with Gasteiger partial charge in [-0.25, -0.2) is 4.39 Å². The number of carbonyl (C=O) groups is 2. The van der Waals surface area contributed by atoms with Crippen molar-refractivity contribution in [3.63, 3.8) is 0 Å². The Hall–Kier alpha value is -3.03. The summed E-state index contributed by atoms with van der Waals surface area (Å²) in [6.45, 7) is 0.312. The lowest BCUT2D eigenvalue weighted by Crippen LogP contribution is -2.51. The quantitative estimate of drug-likeness (QED) is 0.431. The van der Waals surface area contributed by atoms with Gasteiger partial charge in [-0.3, -0.25) is 9.59 Å². The predicted molar refractivity (Wildman–Crippen MR) is 135 cm³/mol.